The van der Waals surface area contributed by atoms with Gasteiger partial charge in [0, 0.05) is 10.6 Å². The molecule has 0 spiro atoms. The van der Waals surface area contributed by atoms with Crippen molar-refractivity contribution in [1.29, 1.82) is 0 Å². The van der Waals surface area contributed by atoms with Gasteiger partial charge in [-0.2, -0.15) is 5.10 Å². The molecule has 3 rings (SSSR count). The van der Waals surface area contributed by atoms with Gasteiger partial charge in [-0.1, -0.05) is 59.6 Å². The van der Waals surface area contributed by atoms with Crippen molar-refractivity contribution in [1.82, 2.24) is 5.43 Å². The van der Waals surface area contributed by atoms with Gasteiger partial charge in [-0.15, -0.1) is 0 Å². The maximum Gasteiger partial charge on any atom is 0.277 e. The molecule has 29 heavy (non-hydrogen) atoms. The van der Waals surface area contributed by atoms with Crippen molar-refractivity contribution in [2.75, 3.05) is 6.61 Å². The number of amides is 1. The SMILES string of the molecule is O=C(COc1ccc(OCc2ccccc2)cc1)N/N=C/c1ccc(Cl)cc1Cl. The summed E-state index contributed by atoms with van der Waals surface area (Å²) in [5, 5.41) is 4.83. The molecule has 148 valence electrons. The van der Waals surface area contributed by atoms with Gasteiger partial charge in [0.1, 0.15) is 18.1 Å². The number of halogens is 2. The zero-order chi connectivity index (χ0) is 20.5. The molecule has 0 aliphatic rings. The average Bonchev–Trinajstić information content (AvgIpc) is 2.74. The van der Waals surface area contributed by atoms with E-state index in [1.807, 2.05) is 30.3 Å². The predicted octanol–water partition coefficient (Wildman–Crippen LogP) is 5.10. The van der Waals surface area contributed by atoms with E-state index in [-0.39, 0.29) is 6.61 Å². The Hall–Kier alpha value is -3.02. The maximum absolute atomic E-state index is 11.8. The van der Waals surface area contributed by atoms with Gasteiger partial charge in [-0.05, 0) is 42.0 Å². The minimum absolute atomic E-state index is 0.171. The van der Waals surface area contributed by atoms with E-state index < -0.39 is 5.91 Å². The molecule has 0 aromatic heterocycles. The first-order valence-corrected chi connectivity index (χ1v) is 9.52. The fourth-order valence-electron chi connectivity index (χ4n) is 2.33. The Morgan fingerprint density at radius 2 is 1.62 bits per heavy atom. The van der Waals surface area contributed by atoms with Gasteiger partial charge in [0.05, 0.1) is 11.2 Å². The summed E-state index contributed by atoms with van der Waals surface area (Å²) in [7, 11) is 0. The molecule has 1 N–H and O–H groups in total. The van der Waals surface area contributed by atoms with Crippen LogP contribution < -0.4 is 14.9 Å². The van der Waals surface area contributed by atoms with E-state index in [9.17, 15) is 4.79 Å². The number of hydrogen-bond donors (Lipinski definition) is 1. The normalized spacial score (nSPS) is 10.7. The number of nitrogens with zero attached hydrogens (tertiary/aromatic N) is 1. The number of benzene rings is 3. The topological polar surface area (TPSA) is 59.9 Å². The van der Waals surface area contributed by atoms with Crippen molar-refractivity contribution < 1.29 is 14.3 Å². The summed E-state index contributed by atoms with van der Waals surface area (Å²) in [5.74, 6) is 0.878. The van der Waals surface area contributed by atoms with Gasteiger partial charge in [0.15, 0.2) is 6.61 Å². The minimum atomic E-state index is -0.393. The molecule has 0 bridgehead atoms. The highest BCUT2D eigenvalue weighted by Gasteiger charge is 2.03. The Morgan fingerprint density at radius 3 is 2.31 bits per heavy atom. The first kappa shape index (κ1) is 20.7. The Kier molecular flexibility index (Phi) is 7.50. The molecule has 0 fully saturated rings. The zero-order valence-corrected chi connectivity index (χ0v) is 16.9. The Morgan fingerprint density at radius 1 is 0.931 bits per heavy atom. The summed E-state index contributed by atoms with van der Waals surface area (Å²) < 4.78 is 11.2. The van der Waals surface area contributed by atoms with Crippen molar-refractivity contribution in [2.24, 2.45) is 5.10 Å². The number of rotatable bonds is 8. The molecule has 0 unspecified atom stereocenters. The average molecular weight is 429 g/mol. The molecule has 0 aliphatic heterocycles. The first-order chi connectivity index (χ1) is 14.1. The van der Waals surface area contributed by atoms with Crippen LogP contribution in [0.2, 0.25) is 10.0 Å². The molecule has 5 nitrogen and oxygen atoms in total. The predicted molar refractivity (Wildman–Crippen MR) is 115 cm³/mol. The highest BCUT2D eigenvalue weighted by molar-refractivity contribution is 6.36. The van der Waals surface area contributed by atoms with Gasteiger partial charge < -0.3 is 9.47 Å². The van der Waals surface area contributed by atoms with Gasteiger partial charge in [-0.25, -0.2) is 5.43 Å². The number of hydrazone groups is 1. The molecular weight excluding hydrogens is 411 g/mol. The van der Waals surface area contributed by atoms with Crippen LogP contribution in [-0.2, 0) is 11.4 Å². The number of carbonyl (C=O) groups excluding carboxylic acids is 1. The largest absolute Gasteiger partial charge is 0.489 e. The molecule has 7 heteroatoms. The summed E-state index contributed by atoms with van der Waals surface area (Å²) in [4.78, 5) is 11.8. The van der Waals surface area contributed by atoms with Gasteiger partial charge >= 0.3 is 0 Å². The number of hydrogen-bond acceptors (Lipinski definition) is 4. The summed E-state index contributed by atoms with van der Waals surface area (Å²) in [5.41, 5.74) is 4.11. The lowest BCUT2D eigenvalue weighted by molar-refractivity contribution is -0.123. The number of carbonyl (C=O) groups is 1. The van der Waals surface area contributed by atoms with E-state index in [0.717, 1.165) is 11.3 Å². The van der Waals surface area contributed by atoms with Gasteiger partial charge in [0.2, 0.25) is 0 Å². The second-order valence-corrected chi connectivity index (χ2v) is 6.84. The zero-order valence-electron chi connectivity index (χ0n) is 15.3. The number of ether oxygens (including phenoxy) is 2. The Bertz CT molecular complexity index is 977. The van der Waals surface area contributed by atoms with Crippen LogP contribution in [0.4, 0.5) is 0 Å². The lowest BCUT2D eigenvalue weighted by Gasteiger charge is -2.08. The van der Waals surface area contributed by atoms with Crippen molar-refractivity contribution >= 4 is 35.3 Å². The molecule has 0 saturated carbocycles. The maximum atomic E-state index is 11.8. The first-order valence-electron chi connectivity index (χ1n) is 8.77. The van der Waals surface area contributed by atoms with Crippen molar-refractivity contribution in [3.8, 4) is 11.5 Å². The highest BCUT2D eigenvalue weighted by Crippen LogP contribution is 2.20. The molecule has 0 heterocycles. The fourth-order valence-corrected chi connectivity index (χ4v) is 2.79. The monoisotopic (exact) mass is 428 g/mol. The third-order valence-corrected chi connectivity index (χ3v) is 4.36. The molecular formula is C22H18Cl2N2O3. The van der Waals surface area contributed by atoms with Crippen LogP contribution in [0.3, 0.4) is 0 Å². The quantitative estimate of drug-likeness (QED) is 0.400. The highest BCUT2D eigenvalue weighted by atomic mass is 35.5. The fraction of sp³-hybridized carbons (Fsp3) is 0.0909. The second kappa shape index (κ2) is 10.5. The van der Waals surface area contributed by atoms with Crippen LogP contribution in [0.25, 0.3) is 0 Å². The molecule has 3 aromatic rings. The standard InChI is InChI=1S/C22H18Cl2N2O3/c23-18-7-6-17(21(24)12-18)13-25-26-22(27)15-29-20-10-8-19(9-11-20)28-14-16-4-2-1-3-5-16/h1-13H,14-15H2,(H,26,27)/b25-13+. The molecule has 0 saturated heterocycles. The Balaban J connectivity index is 1.42. The van der Waals surface area contributed by atoms with Crippen LogP contribution in [-0.4, -0.2) is 18.7 Å². The molecule has 1 amide bonds. The van der Waals surface area contributed by atoms with E-state index in [1.54, 1.807) is 42.5 Å². The second-order valence-electron chi connectivity index (χ2n) is 5.99. The summed E-state index contributed by atoms with van der Waals surface area (Å²) in [6.45, 7) is 0.314. The van der Waals surface area contributed by atoms with E-state index in [0.29, 0.717) is 28.0 Å². The van der Waals surface area contributed by atoms with Crippen molar-refractivity contribution in [3.05, 3.63) is 94.0 Å². The van der Waals surface area contributed by atoms with Crippen LogP contribution in [0, 0.1) is 0 Å². The smallest absolute Gasteiger partial charge is 0.277 e. The lowest BCUT2D eigenvalue weighted by Crippen LogP contribution is -2.24. The number of nitrogens with one attached hydrogen (secondary N) is 1. The van der Waals surface area contributed by atoms with Crippen LogP contribution in [0.15, 0.2) is 77.9 Å². The molecule has 0 aliphatic carbocycles. The summed E-state index contributed by atoms with van der Waals surface area (Å²) in [6, 6.07) is 21.9. The van der Waals surface area contributed by atoms with Crippen molar-refractivity contribution in [2.45, 2.75) is 6.61 Å². The van der Waals surface area contributed by atoms with Crippen LogP contribution in [0.1, 0.15) is 11.1 Å². The van der Waals surface area contributed by atoms with Crippen LogP contribution >= 0.6 is 23.2 Å². The Labute approximate surface area is 178 Å². The van der Waals surface area contributed by atoms with E-state index in [4.69, 9.17) is 32.7 Å². The third-order valence-electron chi connectivity index (χ3n) is 3.80. The third kappa shape index (κ3) is 6.82. The van der Waals surface area contributed by atoms with E-state index in [1.165, 1.54) is 6.21 Å². The van der Waals surface area contributed by atoms with Gasteiger partial charge in [-0.3, -0.25) is 4.79 Å². The molecule has 0 radical (unpaired) electrons. The van der Waals surface area contributed by atoms with E-state index in [2.05, 4.69) is 10.5 Å². The molecule has 0 atom stereocenters. The van der Waals surface area contributed by atoms with E-state index >= 15 is 0 Å². The minimum Gasteiger partial charge on any atom is -0.489 e. The summed E-state index contributed by atoms with van der Waals surface area (Å²) >= 11 is 11.9. The van der Waals surface area contributed by atoms with Gasteiger partial charge in [0.25, 0.3) is 5.91 Å². The lowest BCUT2D eigenvalue weighted by atomic mass is 10.2. The van der Waals surface area contributed by atoms with Crippen molar-refractivity contribution in [3.63, 3.8) is 0 Å². The molecule has 3 aromatic carbocycles. The summed E-state index contributed by atoms with van der Waals surface area (Å²) in [6.07, 6.45) is 1.44. The van der Waals surface area contributed by atoms with Crippen LogP contribution in [0.5, 0.6) is 11.5 Å².